The molecule has 0 saturated carbocycles. The molecule has 0 fully saturated rings. The van der Waals surface area contributed by atoms with Crippen molar-refractivity contribution in [3.05, 3.63) is 69.6 Å². The van der Waals surface area contributed by atoms with Crippen LogP contribution in [0.2, 0.25) is 10.0 Å². The number of halogens is 2. The van der Waals surface area contributed by atoms with Crippen molar-refractivity contribution in [1.82, 2.24) is 19.7 Å². The van der Waals surface area contributed by atoms with Crippen LogP contribution in [0.4, 0.5) is 4.79 Å². The number of amides is 1. The first-order valence-corrected chi connectivity index (χ1v) is 16.0. The molecule has 4 N–H and O–H groups in total. The summed E-state index contributed by atoms with van der Waals surface area (Å²) in [7, 11) is -2.84. The molecule has 2 aromatic carbocycles. The molecule has 0 unspecified atom stereocenters. The van der Waals surface area contributed by atoms with Crippen molar-refractivity contribution in [1.29, 1.82) is 0 Å². The Morgan fingerprint density at radius 3 is 2.26 bits per heavy atom. The summed E-state index contributed by atoms with van der Waals surface area (Å²) in [5.41, 5.74) is 7.05. The van der Waals surface area contributed by atoms with Crippen LogP contribution in [0.5, 0.6) is 5.75 Å². The summed E-state index contributed by atoms with van der Waals surface area (Å²) in [4.78, 5) is 17.0. The van der Waals surface area contributed by atoms with Gasteiger partial charge in [-0.25, -0.2) is 9.78 Å². The average molecular weight is 615 g/mol. The largest absolute Gasteiger partial charge is 0.483 e. The SMILES string of the molecule is CCNP(=O)(COc1ccc(Cn2c(COC(N)=O)nc(C(C)C)c2Sc2cc(Cl)cc(Cl)c2)cc1)NCC. The minimum atomic E-state index is -2.84. The first kappa shape index (κ1) is 31.3. The summed E-state index contributed by atoms with van der Waals surface area (Å²) < 4.78 is 25.8. The smallest absolute Gasteiger partial charge is 0.404 e. The number of benzene rings is 2. The van der Waals surface area contributed by atoms with Crippen molar-refractivity contribution in [3.63, 3.8) is 0 Å². The number of primary amides is 1. The zero-order valence-electron chi connectivity index (χ0n) is 22.4. The minimum Gasteiger partial charge on any atom is -0.483 e. The Labute approximate surface area is 243 Å². The quantitative estimate of drug-likeness (QED) is 0.169. The molecular weight excluding hydrogens is 580 g/mol. The number of nitrogens with two attached hydrogens (primary N) is 1. The molecule has 0 aliphatic heterocycles. The van der Waals surface area contributed by atoms with Gasteiger partial charge in [0.15, 0.2) is 13.0 Å². The van der Waals surface area contributed by atoms with Crippen LogP contribution >= 0.6 is 42.4 Å². The van der Waals surface area contributed by atoms with Gasteiger partial charge in [-0.1, -0.05) is 74.8 Å². The molecule has 39 heavy (non-hydrogen) atoms. The molecule has 0 aliphatic carbocycles. The minimum absolute atomic E-state index is 0.0326. The second kappa shape index (κ2) is 14.4. The van der Waals surface area contributed by atoms with Crippen LogP contribution in [0.25, 0.3) is 0 Å². The first-order chi connectivity index (χ1) is 18.5. The lowest BCUT2D eigenvalue weighted by molar-refractivity contribution is 0.145. The lowest BCUT2D eigenvalue weighted by Crippen LogP contribution is -2.26. The monoisotopic (exact) mass is 613 g/mol. The molecule has 212 valence electrons. The Bertz CT molecular complexity index is 1290. The maximum absolute atomic E-state index is 12.9. The molecule has 3 rings (SSSR count). The lowest BCUT2D eigenvalue weighted by atomic mass is 10.1. The fourth-order valence-corrected chi connectivity index (χ4v) is 7.35. The van der Waals surface area contributed by atoms with E-state index in [1.165, 1.54) is 11.8 Å². The lowest BCUT2D eigenvalue weighted by Gasteiger charge is -2.20. The number of nitrogens with one attached hydrogen (secondary N) is 2. The second-order valence-corrected chi connectivity index (χ2v) is 13.3. The number of hydrogen-bond acceptors (Lipinski definition) is 6. The van der Waals surface area contributed by atoms with Crippen LogP contribution in [0, 0.1) is 0 Å². The topological polar surface area (TPSA) is 120 Å². The average Bonchev–Trinajstić information content (AvgIpc) is 3.19. The van der Waals surface area contributed by atoms with Gasteiger partial charge in [0.25, 0.3) is 0 Å². The van der Waals surface area contributed by atoms with E-state index in [4.69, 9.17) is 43.4 Å². The first-order valence-electron chi connectivity index (χ1n) is 12.5. The van der Waals surface area contributed by atoms with Gasteiger partial charge in [0.05, 0.1) is 5.69 Å². The fourth-order valence-electron chi connectivity index (χ4n) is 3.79. The van der Waals surface area contributed by atoms with Crippen LogP contribution in [0.3, 0.4) is 0 Å². The second-order valence-electron chi connectivity index (χ2n) is 8.95. The molecule has 1 aromatic heterocycles. The molecule has 0 radical (unpaired) electrons. The van der Waals surface area contributed by atoms with Crippen LogP contribution in [-0.2, 0) is 22.5 Å². The van der Waals surface area contributed by atoms with E-state index in [-0.39, 0.29) is 18.9 Å². The Morgan fingerprint density at radius 2 is 1.72 bits per heavy atom. The number of carbonyl (C=O) groups excluding carboxylic acids is 1. The third-order valence-corrected chi connectivity index (χ3v) is 9.15. The molecule has 1 amide bonds. The van der Waals surface area contributed by atoms with Crippen molar-refractivity contribution >= 4 is 48.5 Å². The third-order valence-electron chi connectivity index (χ3n) is 5.47. The highest BCUT2D eigenvalue weighted by atomic mass is 35.5. The summed E-state index contributed by atoms with van der Waals surface area (Å²) >= 11 is 14.0. The molecule has 1 heterocycles. The number of rotatable bonds is 14. The van der Waals surface area contributed by atoms with Crippen LogP contribution < -0.4 is 20.6 Å². The fraction of sp³-hybridized carbons (Fsp3) is 0.385. The highest BCUT2D eigenvalue weighted by Crippen LogP contribution is 2.38. The normalized spacial score (nSPS) is 11.7. The van der Waals surface area contributed by atoms with E-state index >= 15 is 0 Å². The number of aromatic nitrogens is 2. The zero-order valence-corrected chi connectivity index (χ0v) is 25.6. The van der Waals surface area contributed by atoms with E-state index in [2.05, 4.69) is 10.2 Å². The molecule has 0 aliphatic rings. The van der Waals surface area contributed by atoms with E-state index in [1.54, 1.807) is 6.07 Å². The van der Waals surface area contributed by atoms with Gasteiger partial charge in [-0.15, -0.1) is 0 Å². The van der Waals surface area contributed by atoms with Crippen molar-refractivity contribution < 1.29 is 18.8 Å². The van der Waals surface area contributed by atoms with E-state index in [0.717, 1.165) is 21.2 Å². The van der Waals surface area contributed by atoms with Gasteiger partial charge >= 0.3 is 6.09 Å². The van der Waals surface area contributed by atoms with Crippen LogP contribution in [-0.4, -0.2) is 35.1 Å². The van der Waals surface area contributed by atoms with E-state index in [1.807, 2.05) is 68.7 Å². The van der Waals surface area contributed by atoms with E-state index in [0.29, 0.717) is 41.3 Å². The van der Waals surface area contributed by atoms with Gasteiger partial charge in [-0.3, -0.25) is 14.7 Å². The van der Waals surface area contributed by atoms with Gasteiger partial charge in [-0.05, 0) is 41.8 Å². The molecule has 9 nitrogen and oxygen atoms in total. The number of ether oxygens (including phenoxy) is 2. The van der Waals surface area contributed by atoms with Gasteiger partial charge < -0.3 is 19.8 Å². The molecular formula is C26H34Cl2N5O4PS. The number of nitrogens with zero attached hydrogens (tertiary/aromatic N) is 2. The molecule has 13 heteroatoms. The summed E-state index contributed by atoms with van der Waals surface area (Å²) in [6, 6.07) is 12.9. The summed E-state index contributed by atoms with van der Waals surface area (Å²) in [5, 5.41) is 7.92. The van der Waals surface area contributed by atoms with Crippen molar-refractivity contribution in [2.45, 2.75) is 56.7 Å². The summed E-state index contributed by atoms with van der Waals surface area (Å²) in [6.45, 7) is 9.40. The highest BCUT2D eigenvalue weighted by molar-refractivity contribution is 7.99. The van der Waals surface area contributed by atoms with Crippen molar-refractivity contribution in [3.8, 4) is 5.75 Å². The Balaban J connectivity index is 1.90. The van der Waals surface area contributed by atoms with Crippen molar-refractivity contribution in [2.24, 2.45) is 5.73 Å². The maximum atomic E-state index is 12.9. The molecule has 3 aromatic rings. The summed E-state index contributed by atoms with van der Waals surface area (Å²) in [5.74, 6) is 1.25. The van der Waals surface area contributed by atoms with Crippen molar-refractivity contribution in [2.75, 3.05) is 19.4 Å². The molecule has 0 spiro atoms. The number of hydrogen-bond donors (Lipinski definition) is 3. The summed E-state index contributed by atoms with van der Waals surface area (Å²) in [6.07, 6.45) is -0.842. The Hall–Kier alpha value is -2.20. The van der Waals surface area contributed by atoms with Gasteiger partial charge in [0.2, 0.25) is 7.44 Å². The predicted molar refractivity (Wildman–Crippen MR) is 157 cm³/mol. The van der Waals surface area contributed by atoms with Gasteiger partial charge in [0, 0.05) is 34.6 Å². The van der Waals surface area contributed by atoms with E-state index < -0.39 is 13.5 Å². The molecule has 0 atom stereocenters. The van der Waals surface area contributed by atoms with Crippen LogP contribution in [0.15, 0.2) is 52.4 Å². The third kappa shape index (κ3) is 9.17. The van der Waals surface area contributed by atoms with E-state index in [9.17, 15) is 9.36 Å². The molecule has 0 saturated heterocycles. The van der Waals surface area contributed by atoms with Gasteiger partial charge in [-0.2, -0.15) is 0 Å². The Kier molecular flexibility index (Phi) is 11.6. The zero-order chi connectivity index (χ0) is 28.6. The van der Waals surface area contributed by atoms with Gasteiger partial charge in [0.1, 0.15) is 16.6 Å². The number of imidazole rings is 1. The number of carbonyl (C=O) groups is 1. The predicted octanol–water partition coefficient (Wildman–Crippen LogP) is 6.86. The maximum Gasteiger partial charge on any atom is 0.404 e. The molecule has 0 bridgehead atoms. The van der Waals surface area contributed by atoms with Crippen LogP contribution in [0.1, 0.15) is 50.7 Å². The highest BCUT2D eigenvalue weighted by Gasteiger charge is 2.23. The standard InChI is InChI=1S/C26H34Cl2N5O4PS/c1-5-30-38(35,31-6-2)16-37-21-9-7-18(8-10-21)14-33-23(15-36-26(29)34)32-24(17(3)4)25(33)39-22-12-19(27)11-20(28)13-22/h7-13,17H,5-6,14-16H2,1-4H3,(H2,29,34)(H2,30,31,35). The Morgan fingerprint density at radius 1 is 1.10 bits per heavy atom.